The van der Waals surface area contributed by atoms with Crippen molar-refractivity contribution < 1.29 is 27.5 Å². The zero-order valence-corrected chi connectivity index (χ0v) is 18.2. The van der Waals surface area contributed by atoms with Gasteiger partial charge in [-0.2, -0.15) is 4.31 Å². The first-order chi connectivity index (χ1) is 14.9. The van der Waals surface area contributed by atoms with Crippen LogP contribution in [0.2, 0.25) is 0 Å². The van der Waals surface area contributed by atoms with Gasteiger partial charge in [-0.05, 0) is 61.1 Å². The highest BCUT2D eigenvalue weighted by Crippen LogP contribution is 2.24. The topological polar surface area (TPSA) is 90.0 Å². The van der Waals surface area contributed by atoms with E-state index >= 15 is 0 Å². The monoisotopic (exact) mass is 443 g/mol. The molecule has 0 radical (unpaired) electrons. The van der Waals surface area contributed by atoms with Crippen molar-refractivity contribution in [2.75, 3.05) is 32.9 Å². The molecule has 2 aromatic rings. The molecule has 2 aliphatic rings. The van der Waals surface area contributed by atoms with Crippen molar-refractivity contribution in [2.24, 2.45) is 0 Å². The fraction of sp³-hybridized carbons (Fsp3) is 0.391. The second-order valence-electron chi connectivity index (χ2n) is 7.83. The van der Waals surface area contributed by atoms with Crippen LogP contribution < -0.4 is 0 Å². The maximum Gasteiger partial charge on any atom is 0.338 e. The molecule has 0 N–H and O–H groups in total. The number of ketones is 1. The van der Waals surface area contributed by atoms with Crippen LogP contribution >= 0.6 is 0 Å². The molecular formula is C23H25NO6S. The van der Waals surface area contributed by atoms with Gasteiger partial charge in [0.25, 0.3) is 0 Å². The number of rotatable bonds is 6. The minimum Gasteiger partial charge on any atom is -0.454 e. The predicted molar refractivity (Wildman–Crippen MR) is 114 cm³/mol. The van der Waals surface area contributed by atoms with E-state index in [0.717, 1.165) is 19.3 Å². The predicted octanol–water partition coefficient (Wildman–Crippen LogP) is 2.54. The van der Waals surface area contributed by atoms with Gasteiger partial charge in [0.05, 0.1) is 23.7 Å². The van der Waals surface area contributed by atoms with Crippen molar-refractivity contribution in [1.82, 2.24) is 4.31 Å². The smallest absolute Gasteiger partial charge is 0.338 e. The van der Waals surface area contributed by atoms with Crippen LogP contribution in [-0.2, 0) is 32.3 Å². The number of esters is 1. The van der Waals surface area contributed by atoms with Gasteiger partial charge in [0.15, 0.2) is 12.4 Å². The van der Waals surface area contributed by atoms with Crippen LogP contribution in [-0.4, -0.2) is 57.4 Å². The molecule has 0 unspecified atom stereocenters. The summed E-state index contributed by atoms with van der Waals surface area (Å²) in [6, 6.07) is 9.98. The molecule has 1 fully saturated rings. The maximum absolute atomic E-state index is 12.9. The van der Waals surface area contributed by atoms with Crippen molar-refractivity contribution >= 4 is 21.8 Å². The summed E-state index contributed by atoms with van der Waals surface area (Å²) in [5.41, 5.74) is 3.68. The van der Waals surface area contributed by atoms with Gasteiger partial charge in [-0.3, -0.25) is 4.79 Å². The summed E-state index contributed by atoms with van der Waals surface area (Å²) in [6.07, 6.45) is 3.08. The van der Waals surface area contributed by atoms with Gasteiger partial charge in [-0.15, -0.1) is 0 Å². The minimum atomic E-state index is -3.74. The van der Waals surface area contributed by atoms with E-state index in [9.17, 15) is 18.0 Å². The van der Waals surface area contributed by atoms with Gasteiger partial charge in [0.2, 0.25) is 10.0 Å². The minimum absolute atomic E-state index is 0.0249. The van der Waals surface area contributed by atoms with Crippen LogP contribution in [0.5, 0.6) is 0 Å². The molecule has 7 nitrogen and oxygen atoms in total. The number of sulfonamides is 1. The molecule has 4 rings (SSSR count). The first-order valence-electron chi connectivity index (χ1n) is 10.4. The molecule has 31 heavy (non-hydrogen) atoms. The van der Waals surface area contributed by atoms with E-state index in [1.807, 2.05) is 12.1 Å². The normalized spacial score (nSPS) is 16.7. The number of ether oxygens (including phenoxy) is 2. The van der Waals surface area contributed by atoms with Crippen molar-refractivity contribution in [3.05, 3.63) is 64.2 Å². The van der Waals surface area contributed by atoms with Gasteiger partial charge in [-0.25, -0.2) is 13.2 Å². The Morgan fingerprint density at radius 3 is 2.55 bits per heavy atom. The molecule has 164 valence electrons. The van der Waals surface area contributed by atoms with Gasteiger partial charge >= 0.3 is 5.97 Å². The molecular weight excluding hydrogens is 418 g/mol. The van der Waals surface area contributed by atoms with Gasteiger partial charge in [0, 0.05) is 18.7 Å². The summed E-state index contributed by atoms with van der Waals surface area (Å²) in [7, 11) is -3.74. The van der Waals surface area contributed by atoms with Crippen molar-refractivity contribution in [3.63, 3.8) is 0 Å². The Labute approximate surface area is 182 Å². The van der Waals surface area contributed by atoms with Gasteiger partial charge < -0.3 is 9.47 Å². The van der Waals surface area contributed by atoms with Crippen LogP contribution in [0.1, 0.15) is 43.8 Å². The lowest BCUT2D eigenvalue weighted by Gasteiger charge is -2.26. The summed E-state index contributed by atoms with van der Waals surface area (Å²) < 4.78 is 37.6. The van der Waals surface area contributed by atoms with Gasteiger partial charge in [0.1, 0.15) is 0 Å². The molecule has 1 aliphatic carbocycles. The molecule has 0 atom stereocenters. The molecule has 0 bridgehead atoms. The van der Waals surface area contributed by atoms with E-state index in [1.165, 1.54) is 27.6 Å². The standard InChI is InChI=1S/C23H25NO6S/c1-16-5-8-20(31(27,28)24-9-11-29-12-10-24)14-21(16)23(26)30-15-22(25)19-7-6-17-3-2-4-18(17)13-19/h5-8,13-14H,2-4,9-12,15H2,1H3. The molecule has 2 aromatic carbocycles. The third-order valence-corrected chi connectivity index (χ3v) is 7.69. The number of aryl methyl sites for hydroxylation is 3. The Hall–Kier alpha value is -2.55. The number of nitrogens with zero attached hydrogens (tertiary/aromatic N) is 1. The Kier molecular flexibility index (Phi) is 6.22. The Balaban J connectivity index is 1.47. The lowest BCUT2D eigenvalue weighted by atomic mass is 10.0. The molecule has 0 spiro atoms. The summed E-state index contributed by atoms with van der Waals surface area (Å²) in [4.78, 5) is 25.2. The summed E-state index contributed by atoms with van der Waals surface area (Å²) >= 11 is 0. The number of benzene rings is 2. The van der Waals surface area contributed by atoms with Crippen LogP contribution in [0.4, 0.5) is 0 Å². The number of hydrogen-bond donors (Lipinski definition) is 0. The average Bonchev–Trinajstić information content (AvgIpc) is 3.26. The second kappa shape index (κ2) is 8.90. The van der Waals surface area contributed by atoms with Crippen LogP contribution in [0.25, 0.3) is 0 Å². The quantitative estimate of drug-likeness (QED) is 0.504. The molecule has 1 aliphatic heterocycles. The Morgan fingerprint density at radius 1 is 1.03 bits per heavy atom. The Morgan fingerprint density at radius 2 is 1.77 bits per heavy atom. The van der Waals surface area contributed by atoms with E-state index in [4.69, 9.17) is 9.47 Å². The average molecular weight is 444 g/mol. The highest BCUT2D eigenvalue weighted by molar-refractivity contribution is 7.89. The first-order valence-corrected chi connectivity index (χ1v) is 11.8. The number of hydrogen-bond acceptors (Lipinski definition) is 6. The maximum atomic E-state index is 12.9. The van der Waals surface area contributed by atoms with E-state index in [2.05, 4.69) is 0 Å². The largest absolute Gasteiger partial charge is 0.454 e. The molecule has 1 saturated heterocycles. The zero-order valence-electron chi connectivity index (χ0n) is 17.4. The number of carbonyl (C=O) groups is 2. The van der Waals surface area contributed by atoms with E-state index in [-0.39, 0.29) is 29.3 Å². The molecule has 8 heteroatoms. The molecule has 1 heterocycles. The molecule has 0 saturated carbocycles. The lowest BCUT2D eigenvalue weighted by Crippen LogP contribution is -2.40. The van der Waals surface area contributed by atoms with Crippen molar-refractivity contribution in [1.29, 1.82) is 0 Å². The van der Waals surface area contributed by atoms with E-state index in [1.54, 1.807) is 19.1 Å². The number of Topliss-reactive ketones (excluding diaryl/α,β-unsaturated/α-hetero) is 1. The van der Waals surface area contributed by atoms with E-state index in [0.29, 0.717) is 24.3 Å². The zero-order chi connectivity index (χ0) is 22.0. The van der Waals surface area contributed by atoms with Crippen LogP contribution in [0.15, 0.2) is 41.3 Å². The third-order valence-electron chi connectivity index (χ3n) is 5.79. The van der Waals surface area contributed by atoms with Crippen molar-refractivity contribution in [3.8, 4) is 0 Å². The Bertz CT molecular complexity index is 1120. The van der Waals surface area contributed by atoms with Crippen LogP contribution in [0.3, 0.4) is 0 Å². The van der Waals surface area contributed by atoms with Crippen molar-refractivity contribution in [2.45, 2.75) is 31.1 Å². The fourth-order valence-corrected chi connectivity index (χ4v) is 5.39. The third kappa shape index (κ3) is 4.56. The van der Waals surface area contributed by atoms with Gasteiger partial charge in [-0.1, -0.05) is 18.2 Å². The summed E-state index contributed by atoms with van der Waals surface area (Å²) in [5, 5.41) is 0. The molecule has 0 aromatic heterocycles. The summed E-state index contributed by atoms with van der Waals surface area (Å²) in [6.45, 7) is 2.52. The number of morpholine rings is 1. The highest BCUT2D eigenvalue weighted by atomic mass is 32.2. The number of fused-ring (bicyclic) bond motifs is 1. The summed E-state index contributed by atoms with van der Waals surface area (Å²) in [5.74, 6) is -0.996. The highest BCUT2D eigenvalue weighted by Gasteiger charge is 2.28. The number of carbonyl (C=O) groups excluding carboxylic acids is 2. The first kappa shape index (κ1) is 21.7. The van der Waals surface area contributed by atoms with E-state index < -0.39 is 22.6 Å². The van der Waals surface area contributed by atoms with Crippen LogP contribution in [0, 0.1) is 6.92 Å². The SMILES string of the molecule is Cc1ccc(S(=O)(=O)N2CCOCC2)cc1C(=O)OCC(=O)c1ccc2c(c1)CCC2. The fourth-order valence-electron chi connectivity index (χ4n) is 3.95. The lowest BCUT2D eigenvalue weighted by molar-refractivity contribution is 0.0473. The second-order valence-corrected chi connectivity index (χ2v) is 9.77. The molecule has 0 amide bonds.